The van der Waals surface area contributed by atoms with E-state index in [1.54, 1.807) is 24.5 Å². The molecule has 0 atom stereocenters. The molecule has 1 aromatic rings. The van der Waals surface area contributed by atoms with Crippen LogP contribution in [0.4, 0.5) is 0 Å². The Morgan fingerprint density at radius 1 is 1.41 bits per heavy atom. The van der Waals surface area contributed by atoms with Crippen molar-refractivity contribution in [3.8, 4) is 0 Å². The Hall–Kier alpha value is -1.42. The minimum absolute atomic E-state index is 0.0607. The van der Waals surface area contributed by atoms with Crippen molar-refractivity contribution in [2.45, 2.75) is 31.7 Å². The van der Waals surface area contributed by atoms with Crippen LogP contribution in [0, 0.1) is 0 Å². The summed E-state index contributed by atoms with van der Waals surface area (Å²) in [7, 11) is 0. The third kappa shape index (κ3) is 2.82. The second-order valence-corrected chi connectivity index (χ2v) is 4.40. The molecule has 1 aliphatic rings. The fourth-order valence-corrected chi connectivity index (χ4v) is 2.05. The van der Waals surface area contributed by atoms with Gasteiger partial charge in [-0.15, -0.1) is 0 Å². The van der Waals surface area contributed by atoms with Crippen LogP contribution in [-0.4, -0.2) is 40.1 Å². The molecule has 92 valence electrons. The minimum atomic E-state index is 0.0607. The van der Waals surface area contributed by atoms with Crippen molar-refractivity contribution in [1.82, 2.24) is 9.88 Å². The molecule has 0 radical (unpaired) electrons. The van der Waals surface area contributed by atoms with Crippen molar-refractivity contribution in [2.24, 2.45) is 0 Å². The van der Waals surface area contributed by atoms with Gasteiger partial charge in [-0.05, 0) is 37.8 Å². The molecule has 2 rings (SSSR count). The van der Waals surface area contributed by atoms with E-state index in [4.69, 9.17) is 5.11 Å². The summed E-state index contributed by atoms with van der Waals surface area (Å²) in [4.78, 5) is 18.1. The number of carbonyl (C=O) groups is 1. The van der Waals surface area contributed by atoms with Gasteiger partial charge in [0.05, 0.1) is 0 Å². The number of pyridine rings is 1. The van der Waals surface area contributed by atoms with E-state index in [2.05, 4.69) is 4.98 Å². The monoisotopic (exact) mass is 234 g/mol. The molecule has 1 N–H and O–H groups in total. The Bertz CT molecular complexity index is 363. The molecule has 0 aliphatic heterocycles. The summed E-state index contributed by atoms with van der Waals surface area (Å²) in [5, 5.41) is 8.89. The van der Waals surface area contributed by atoms with Crippen LogP contribution in [0.3, 0.4) is 0 Å². The number of carbonyl (C=O) groups excluding carboxylic acids is 1. The maximum Gasteiger partial charge on any atom is 0.254 e. The van der Waals surface area contributed by atoms with Gasteiger partial charge < -0.3 is 10.0 Å². The summed E-state index contributed by atoms with van der Waals surface area (Å²) in [6, 6.07) is 3.85. The van der Waals surface area contributed by atoms with Crippen molar-refractivity contribution in [1.29, 1.82) is 0 Å². The number of aromatic nitrogens is 1. The predicted octanol–water partition coefficient (Wildman–Crippen LogP) is 1.46. The molecule has 0 aromatic carbocycles. The highest BCUT2D eigenvalue weighted by Crippen LogP contribution is 2.26. The van der Waals surface area contributed by atoms with Crippen LogP contribution < -0.4 is 0 Å². The van der Waals surface area contributed by atoms with Crippen LogP contribution in [0.15, 0.2) is 24.5 Å². The van der Waals surface area contributed by atoms with Gasteiger partial charge in [0.25, 0.3) is 5.91 Å². The Kier molecular flexibility index (Phi) is 4.09. The zero-order valence-electron chi connectivity index (χ0n) is 9.88. The minimum Gasteiger partial charge on any atom is -0.396 e. The van der Waals surface area contributed by atoms with Crippen molar-refractivity contribution in [3.05, 3.63) is 30.1 Å². The van der Waals surface area contributed by atoms with Crippen LogP contribution in [0.2, 0.25) is 0 Å². The van der Waals surface area contributed by atoms with Gasteiger partial charge in [-0.3, -0.25) is 9.78 Å². The molecule has 1 amide bonds. The summed E-state index contributed by atoms with van der Waals surface area (Å²) < 4.78 is 0. The normalized spacial score (nSPS) is 15.4. The topological polar surface area (TPSA) is 53.4 Å². The number of nitrogens with zero attached hydrogens (tertiary/aromatic N) is 2. The van der Waals surface area contributed by atoms with Crippen molar-refractivity contribution in [3.63, 3.8) is 0 Å². The number of amides is 1. The Morgan fingerprint density at radius 2 is 2.12 bits per heavy atom. The molecule has 0 saturated heterocycles. The quantitative estimate of drug-likeness (QED) is 0.839. The summed E-state index contributed by atoms with van der Waals surface area (Å²) in [5.41, 5.74) is 0.685. The zero-order valence-corrected chi connectivity index (χ0v) is 9.88. The zero-order chi connectivity index (χ0) is 12.1. The second kappa shape index (κ2) is 5.77. The standard InChI is InChI=1S/C13H18N2O2/c16-10-2-9-15(12-3-1-4-12)13(17)11-5-7-14-8-6-11/h5-8,12,16H,1-4,9-10H2. The third-order valence-corrected chi connectivity index (χ3v) is 3.26. The van der Waals surface area contributed by atoms with Crippen LogP contribution >= 0.6 is 0 Å². The molecular weight excluding hydrogens is 216 g/mol. The summed E-state index contributed by atoms with van der Waals surface area (Å²) >= 11 is 0. The molecule has 1 heterocycles. The molecule has 0 bridgehead atoms. The van der Waals surface area contributed by atoms with Gasteiger partial charge in [0, 0.05) is 37.2 Å². The van der Waals surface area contributed by atoms with Gasteiger partial charge >= 0.3 is 0 Å². The van der Waals surface area contributed by atoms with E-state index in [9.17, 15) is 4.79 Å². The van der Waals surface area contributed by atoms with Crippen LogP contribution in [-0.2, 0) is 0 Å². The lowest BCUT2D eigenvalue weighted by Gasteiger charge is -2.37. The van der Waals surface area contributed by atoms with Gasteiger partial charge in [-0.25, -0.2) is 0 Å². The Balaban J connectivity index is 2.06. The van der Waals surface area contributed by atoms with E-state index in [0.29, 0.717) is 24.6 Å². The Labute approximate surface area is 101 Å². The smallest absolute Gasteiger partial charge is 0.254 e. The summed E-state index contributed by atoms with van der Waals surface area (Å²) in [6.45, 7) is 0.773. The van der Waals surface area contributed by atoms with Crippen molar-refractivity contribution in [2.75, 3.05) is 13.2 Å². The van der Waals surface area contributed by atoms with Crippen LogP contribution in [0.1, 0.15) is 36.0 Å². The second-order valence-electron chi connectivity index (χ2n) is 4.40. The Morgan fingerprint density at radius 3 is 2.65 bits per heavy atom. The number of rotatable bonds is 5. The fourth-order valence-electron chi connectivity index (χ4n) is 2.05. The highest BCUT2D eigenvalue weighted by Gasteiger charge is 2.28. The molecule has 1 saturated carbocycles. The van der Waals surface area contributed by atoms with Crippen LogP contribution in [0.25, 0.3) is 0 Å². The maximum atomic E-state index is 12.3. The summed E-state index contributed by atoms with van der Waals surface area (Å²) in [6.07, 6.45) is 7.29. The lowest BCUT2D eigenvalue weighted by Crippen LogP contribution is -2.44. The average molecular weight is 234 g/mol. The molecule has 1 fully saturated rings. The number of aliphatic hydroxyl groups excluding tert-OH is 1. The van der Waals surface area contributed by atoms with E-state index in [1.807, 2.05) is 4.90 Å². The van der Waals surface area contributed by atoms with E-state index in [1.165, 1.54) is 6.42 Å². The maximum absolute atomic E-state index is 12.3. The van der Waals surface area contributed by atoms with Crippen LogP contribution in [0.5, 0.6) is 0 Å². The number of hydrogen-bond acceptors (Lipinski definition) is 3. The first-order valence-electron chi connectivity index (χ1n) is 6.15. The van der Waals surface area contributed by atoms with Gasteiger partial charge in [-0.1, -0.05) is 0 Å². The first-order valence-corrected chi connectivity index (χ1v) is 6.15. The SMILES string of the molecule is O=C(c1ccncc1)N(CCCO)C1CCC1. The van der Waals surface area contributed by atoms with Crippen molar-refractivity contribution < 1.29 is 9.90 Å². The first-order chi connectivity index (χ1) is 8.33. The number of aliphatic hydroxyl groups is 1. The predicted molar refractivity (Wildman–Crippen MR) is 64.6 cm³/mol. The third-order valence-electron chi connectivity index (χ3n) is 3.26. The molecule has 1 aromatic heterocycles. The van der Waals surface area contributed by atoms with Gasteiger partial charge in [0.2, 0.25) is 0 Å². The molecular formula is C13H18N2O2. The van der Waals surface area contributed by atoms with E-state index in [0.717, 1.165) is 12.8 Å². The van der Waals surface area contributed by atoms with Gasteiger partial charge in [0.1, 0.15) is 0 Å². The average Bonchev–Trinajstić information content (AvgIpc) is 2.32. The molecule has 0 unspecified atom stereocenters. The first kappa shape index (κ1) is 12.0. The molecule has 0 spiro atoms. The summed E-state index contributed by atoms with van der Waals surface area (Å²) in [5.74, 6) is 0.0607. The van der Waals surface area contributed by atoms with Gasteiger partial charge in [0.15, 0.2) is 0 Å². The van der Waals surface area contributed by atoms with E-state index < -0.39 is 0 Å². The lowest BCUT2D eigenvalue weighted by atomic mass is 9.91. The number of hydrogen-bond donors (Lipinski definition) is 1. The highest BCUT2D eigenvalue weighted by molar-refractivity contribution is 5.94. The van der Waals surface area contributed by atoms with Crippen molar-refractivity contribution >= 4 is 5.91 Å². The van der Waals surface area contributed by atoms with E-state index >= 15 is 0 Å². The molecule has 1 aliphatic carbocycles. The highest BCUT2D eigenvalue weighted by atomic mass is 16.3. The lowest BCUT2D eigenvalue weighted by molar-refractivity contribution is 0.0562. The van der Waals surface area contributed by atoms with Gasteiger partial charge in [-0.2, -0.15) is 0 Å². The molecule has 4 heteroatoms. The molecule has 17 heavy (non-hydrogen) atoms. The molecule has 4 nitrogen and oxygen atoms in total. The largest absolute Gasteiger partial charge is 0.396 e. The van der Waals surface area contributed by atoms with E-state index in [-0.39, 0.29) is 12.5 Å². The fraction of sp³-hybridized carbons (Fsp3) is 0.538.